The summed E-state index contributed by atoms with van der Waals surface area (Å²) in [5, 5.41) is 16.6. The third kappa shape index (κ3) is 1.57. The molecular weight excluding hydrogens is 168 g/mol. The lowest BCUT2D eigenvalue weighted by Crippen LogP contribution is -2.17. The van der Waals surface area contributed by atoms with Gasteiger partial charge in [0.2, 0.25) is 0 Å². The van der Waals surface area contributed by atoms with Gasteiger partial charge in [0.05, 0.1) is 6.04 Å². The zero-order valence-electron chi connectivity index (χ0n) is 7.72. The van der Waals surface area contributed by atoms with Crippen molar-refractivity contribution in [2.24, 2.45) is 0 Å². The van der Waals surface area contributed by atoms with E-state index in [1.54, 1.807) is 6.33 Å². The molecule has 1 unspecified atom stereocenters. The summed E-state index contributed by atoms with van der Waals surface area (Å²) in [5.74, 6) is 0.667. The summed E-state index contributed by atoms with van der Waals surface area (Å²) in [6, 6.07) is 0.433. The van der Waals surface area contributed by atoms with Gasteiger partial charge in [-0.1, -0.05) is 0 Å². The molecule has 0 bridgehead atoms. The van der Waals surface area contributed by atoms with Crippen LogP contribution in [0, 0.1) is 0 Å². The number of nitrogens with zero attached hydrogens (tertiary/aromatic N) is 4. The van der Waals surface area contributed by atoms with Gasteiger partial charge in [0.1, 0.15) is 12.9 Å². The monoisotopic (exact) mass is 182 g/mol. The van der Waals surface area contributed by atoms with Crippen LogP contribution in [0.3, 0.4) is 0 Å². The van der Waals surface area contributed by atoms with Crippen LogP contribution in [0.15, 0.2) is 6.33 Å². The molecule has 1 N–H and O–H groups in total. The third-order valence-corrected chi connectivity index (χ3v) is 2.55. The summed E-state index contributed by atoms with van der Waals surface area (Å²) in [5.41, 5.74) is 0. The van der Waals surface area contributed by atoms with E-state index in [0.717, 1.165) is 19.5 Å². The van der Waals surface area contributed by atoms with Crippen molar-refractivity contribution in [3.8, 4) is 0 Å². The van der Waals surface area contributed by atoms with Crippen molar-refractivity contribution < 1.29 is 5.11 Å². The van der Waals surface area contributed by atoms with Crippen LogP contribution >= 0.6 is 0 Å². The van der Waals surface area contributed by atoms with Crippen molar-refractivity contribution >= 4 is 0 Å². The second kappa shape index (κ2) is 3.43. The molecule has 5 heteroatoms. The molecule has 1 aliphatic rings. The molecule has 13 heavy (non-hydrogen) atoms. The fraction of sp³-hybridized carbons (Fsp3) is 0.750. The van der Waals surface area contributed by atoms with E-state index in [1.165, 1.54) is 0 Å². The van der Waals surface area contributed by atoms with Crippen LogP contribution in [-0.2, 0) is 6.61 Å². The maximum Gasteiger partial charge on any atom is 0.158 e. The number of hydrogen-bond donors (Lipinski definition) is 1. The third-order valence-electron chi connectivity index (χ3n) is 2.55. The number of aromatic nitrogens is 3. The van der Waals surface area contributed by atoms with Crippen molar-refractivity contribution in [2.75, 3.05) is 20.1 Å². The second-order valence-electron chi connectivity index (χ2n) is 3.52. The summed E-state index contributed by atoms with van der Waals surface area (Å²) >= 11 is 0. The molecule has 72 valence electrons. The fourth-order valence-electron chi connectivity index (χ4n) is 1.82. The first-order valence-electron chi connectivity index (χ1n) is 4.49. The maximum atomic E-state index is 9.00. The minimum Gasteiger partial charge on any atom is -0.388 e. The number of likely N-dealkylation sites (tertiary alicyclic amines) is 1. The summed E-state index contributed by atoms with van der Waals surface area (Å²) in [4.78, 5) is 2.27. The van der Waals surface area contributed by atoms with Crippen LogP contribution in [0.5, 0.6) is 0 Å². The number of aliphatic hydroxyl groups excluding tert-OH is 1. The topological polar surface area (TPSA) is 54.2 Å². The number of hydrogen-bond acceptors (Lipinski definition) is 4. The fourth-order valence-corrected chi connectivity index (χ4v) is 1.82. The lowest BCUT2D eigenvalue weighted by atomic mass is 10.2. The van der Waals surface area contributed by atoms with Gasteiger partial charge in [0.25, 0.3) is 0 Å². The summed E-state index contributed by atoms with van der Waals surface area (Å²) < 4.78 is 1.98. The van der Waals surface area contributed by atoms with E-state index in [2.05, 4.69) is 22.1 Å². The molecule has 1 aliphatic heterocycles. The summed E-state index contributed by atoms with van der Waals surface area (Å²) in [7, 11) is 2.10. The van der Waals surface area contributed by atoms with Crippen molar-refractivity contribution in [3.05, 3.63) is 12.2 Å². The molecule has 1 aromatic heterocycles. The van der Waals surface area contributed by atoms with Crippen LogP contribution in [-0.4, -0.2) is 44.9 Å². The highest BCUT2D eigenvalue weighted by Crippen LogP contribution is 2.20. The van der Waals surface area contributed by atoms with Crippen molar-refractivity contribution in [2.45, 2.75) is 19.1 Å². The Morgan fingerprint density at radius 2 is 2.54 bits per heavy atom. The van der Waals surface area contributed by atoms with Crippen molar-refractivity contribution in [1.82, 2.24) is 19.7 Å². The van der Waals surface area contributed by atoms with E-state index in [-0.39, 0.29) is 6.61 Å². The number of aliphatic hydroxyl groups is 1. The number of rotatable bonds is 2. The number of likely N-dealkylation sites (N-methyl/N-ethyl adjacent to an activating group) is 1. The van der Waals surface area contributed by atoms with E-state index in [4.69, 9.17) is 5.11 Å². The average Bonchev–Trinajstić information content (AvgIpc) is 2.71. The predicted molar refractivity (Wildman–Crippen MR) is 47.1 cm³/mol. The van der Waals surface area contributed by atoms with Crippen molar-refractivity contribution in [3.63, 3.8) is 0 Å². The molecule has 0 saturated carbocycles. The SMILES string of the molecule is CN1CCC(n2cnnc2CO)C1. The van der Waals surface area contributed by atoms with Crippen molar-refractivity contribution in [1.29, 1.82) is 0 Å². The minimum atomic E-state index is -0.0276. The maximum absolute atomic E-state index is 9.00. The highest BCUT2D eigenvalue weighted by Gasteiger charge is 2.22. The first-order valence-corrected chi connectivity index (χ1v) is 4.49. The van der Waals surface area contributed by atoms with E-state index >= 15 is 0 Å². The standard InChI is InChI=1S/C8H14N4O/c1-11-3-2-7(4-11)12-6-9-10-8(12)5-13/h6-7,13H,2-5H2,1H3. The first kappa shape index (κ1) is 8.65. The van der Waals surface area contributed by atoms with Gasteiger partial charge in [-0.2, -0.15) is 0 Å². The van der Waals surface area contributed by atoms with E-state index in [0.29, 0.717) is 11.9 Å². The van der Waals surface area contributed by atoms with Gasteiger partial charge >= 0.3 is 0 Å². The van der Waals surface area contributed by atoms with Gasteiger partial charge < -0.3 is 14.6 Å². The van der Waals surface area contributed by atoms with E-state index in [9.17, 15) is 0 Å². The molecule has 0 amide bonds. The van der Waals surface area contributed by atoms with Crippen LogP contribution < -0.4 is 0 Å². The molecule has 1 fully saturated rings. The molecule has 2 heterocycles. The van der Waals surface area contributed by atoms with E-state index < -0.39 is 0 Å². The molecular formula is C8H14N4O. The summed E-state index contributed by atoms with van der Waals surface area (Å²) in [6.45, 7) is 2.10. The Morgan fingerprint density at radius 3 is 3.15 bits per heavy atom. The summed E-state index contributed by atoms with van der Waals surface area (Å²) in [6.07, 6.45) is 2.82. The van der Waals surface area contributed by atoms with Crippen LogP contribution in [0.25, 0.3) is 0 Å². The Labute approximate surface area is 77.0 Å². The zero-order valence-corrected chi connectivity index (χ0v) is 7.72. The van der Waals surface area contributed by atoms with Gasteiger partial charge in [-0.3, -0.25) is 0 Å². The van der Waals surface area contributed by atoms with Gasteiger partial charge in [-0.15, -0.1) is 10.2 Å². The van der Waals surface area contributed by atoms with Crippen LogP contribution in [0.4, 0.5) is 0 Å². The van der Waals surface area contributed by atoms with Crippen LogP contribution in [0.1, 0.15) is 18.3 Å². The molecule has 0 aromatic carbocycles. The molecule has 1 aromatic rings. The predicted octanol–water partition coefficient (Wildman–Crippen LogP) is -0.353. The molecule has 2 rings (SSSR count). The molecule has 0 spiro atoms. The van der Waals surface area contributed by atoms with Gasteiger partial charge in [-0.25, -0.2) is 0 Å². The van der Waals surface area contributed by atoms with E-state index in [1.807, 2.05) is 4.57 Å². The Morgan fingerprint density at radius 1 is 1.69 bits per heavy atom. The lowest BCUT2D eigenvalue weighted by Gasteiger charge is -2.13. The highest BCUT2D eigenvalue weighted by atomic mass is 16.3. The van der Waals surface area contributed by atoms with Gasteiger partial charge in [-0.05, 0) is 20.0 Å². The molecule has 0 aliphatic carbocycles. The Kier molecular flexibility index (Phi) is 2.28. The largest absolute Gasteiger partial charge is 0.388 e. The highest BCUT2D eigenvalue weighted by molar-refractivity contribution is 4.90. The normalized spacial score (nSPS) is 24.0. The Bertz CT molecular complexity index is 285. The lowest BCUT2D eigenvalue weighted by molar-refractivity contribution is 0.259. The quantitative estimate of drug-likeness (QED) is 0.679. The molecule has 1 saturated heterocycles. The molecule has 5 nitrogen and oxygen atoms in total. The first-order chi connectivity index (χ1) is 6.31. The molecule has 0 radical (unpaired) electrons. The Balaban J connectivity index is 2.16. The molecule has 1 atom stereocenters. The van der Waals surface area contributed by atoms with Gasteiger partial charge in [0.15, 0.2) is 5.82 Å². The average molecular weight is 182 g/mol. The van der Waals surface area contributed by atoms with Gasteiger partial charge in [0, 0.05) is 6.54 Å². The van der Waals surface area contributed by atoms with Crippen LogP contribution in [0.2, 0.25) is 0 Å². The minimum absolute atomic E-state index is 0.0276. The Hall–Kier alpha value is -0.940. The second-order valence-corrected chi connectivity index (χ2v) is 3.52. The smallest absolute Gasteiger partial charge is 0.158 e. The zero-order chi connectivity index (χ0) is 9.26.